The number of rotatable bonds is 7. The van der Waals surface area contributed by atoms with E-state index in [0.29, 0.717) is 6.54 Å². The van der Waals surface area contributed by atoms with Crippen LogP contribution in [0.1, 0.15) is 11.1 Å². The van der Waals surface area contributed by atoms with E-state index >= 15 is 0 Å². The van der Waals surface area contributed by atoms with E-state index in [0.717, 1.165) is 59.5 Å². The lowest BCUT2D eigenvalue weighted by Crippen LogP contribution is -2.49. The van der Waals surface area contributed by atoms with E-state index < -0.39 is 6.10 Å². The van der Waals surface area contributed by atoms with Gasteiger partial charge in [-0.3, -0.25) is 4.90 Å². The van der Waals surface area contributed by atoms with Crippen molar-refractivity contribution < 1.29 is 14.6 Å². The summed E-state index contributed by atoms with van der Waals surface area (Å²) in [5.41, 5.74) is 3.10. The van der Waals surface area contributed by atoms with Crippen LogP contribution in [-0.2, 0) is 0 Å². The van der Waals surface area contributed by atoms with Crippen LogP contribution in [0, 0.1) is 13.8 Å². The first kappa shape index (κ1) is 26.7. The number of hydrogen-bond acceptors (Lipinski definition) is 5. The number of ether oxygens (including phenoxy) is 2. The number of para-hydroxylation sites is 2. The third kappa shape index (κ3) is 6.82. The van der Waals surface area contributed by atoms with Gasteiger partial charge in [0.15, 0.2) is 0 Å². The van der Waals surface area contributed by atoms with Crippen molar-refractivity contribution in [2.24, 2.45) is 0 Å². The molecule has 1 N–H and O–H groups in total. The molecule has 3 rings (SSSR count). The molecule has 8 heteroatoms. The number of piperazine rings is 1. The molecule has 0 aliphatic carbocycles. The Morgan fingerprint density at radius 2 is 1.63 bits per heavy atom. The maximum atomic E-state index is 10.4. The van der Waals surface area contributed by atoms with Gasteiger partial charge in [-0.1, -0.05) is 23.7 Å². The molecule has 1 aliphatic heterocycles. The minimum atomic E-state index is -0.533. The Morgan fingerprint density at radius 1 is 1.03 bits per heavy atom. The SMILES string of the molecule is COc1ccccc1N1CCN(CC(O)COc2cc(C)c(Cl)c(C)c2)CC1.Cl.Cl. The fraction of sp³-hybridized carbons (Fsp3) is 0.455. The smallest absolute Gasteiger partial charge is 0.142 e. The van der Waals surface area contributed by atoms with E-state index in [9.17, 15) is 5.11 Å². The minimum Gasteiger partial charge on any atom is -0.495 e. The van der Waals surface area contributed by atoms with E-state index in [1.54, 1.807) is 7.11 Å². The van der Waals surface area contributed by atoms with Gasteiger partial charge in [0.05, 0.1) is 12.8 Å². The van der Waals surface area contributed by atoms with Gasteiger partial charge in [0.25, 0.3) is 0 Å². The predicted octanol–water partition coefficient (Wildman–Crippen LogP) is 4.37. The Labute approximate surface area is 196 Å². The summed E-state index contributed by atoms with van der Waals surface area (Å²) in [5, 5.41) is 11.2. The molecule has 1 aliphatic rings. The summed E-state index contributed by atoms with van der Waals surface area (Å²) in [6, 6.07) is 11.9. The maximum absolute atomic E-state index is 10.4. The van der Waals surface area contributed by atoms with Gasteiger partial charge in [0.2, 0.25) is 0 Å². The Balaban J connectivity index is 0.00000225. The van der Waals surface area contributed by atoms with Gasteiger partial charge >= 0.3 is 0 Å². The number of benzene rings is 2. The number of aliphatic hydroxyl groups excluding tert-OH is 1. The van der Waals surface area contributed by atoms with Crippen LogP contribution in [-0.4, -0.2) is 62.6 Å². The molecule has 0 saturated carbocycles. The summed E-state index contributed by atoms with van der Waals surface area (Å²) in [7, 11) is 1.70. The highest BCUT2D eigenvalue weighted by Crippen LogP contribution is 2.28. The van der Waals surface area contributed by atoms with E-state index in [-0.39, 0.29) is 31.4 Å². The highest BCUT2D eigenvalue weighted by Gasteiger charge is 2.21. The standard InChI is InChI=1S/C22H29ClN2O3.2ClH/c1-16-12-19(13-17(2)22(16)23)28-15-18(26)14-24-8-10-25(11-9-24)20-6-4-5-7-21(20)27-3;;/h4-7,12-13,18,26H,8-11,14-15H2,1-3H3;2*1H. The van der Waals surface area contributed by atoms with Crippen LogP contribution in [0.2, 0.25) is 5.02 Å². The Morgan fingerprint density at radius 3 is 2.23 bits per heavy atom. The Bertz CT molecular complexity index is 776. The number of anilines is 1. The van der Waals surface area contributed by atoms with Crippen LogP contribution in [0.3, 0.4) is 0 Å². The quantitative estimate of drug-likeness (QED) is 0.641. The first-order chi connectivity index (χ1) is 13.5. The van der Waals surface area contributed by atoms with E-state index in [2.05, 4.69) is 15.9 Å². The van der Waals surface area contributed by atoms with Crippen LogP contribution in [0.4, 0.5) is 5.69 Å². The first-order valence-corrected chi connectivity index (χ1v) is 10.0. The molecular formula is C22H31Cl3N2O3. The molecule has 0 spiro atoms. The highest BCUT2D eigenvalue weighted by molar-refractivity contribution is 6.32. The Kier molecular flexibility index (Phi) is 11.1. The minimum absolute atomic E-state index is 0. The summed E-state index contributed by atoms with van der Waals surface area (Å²) < 4.78 is 11.3. The van der Waals surface area contributed by atoms with Crippen LogP contribution >= 0.6 is 36.4 Å². The lowest BCUT2D eigenvalue weighted by Gasteiger charge is -2.37. The van der Waals surface area contributed by atoms with Crippen molar-refractivity contribution in [3.63, 3.8) is 0 Å². The fourth-order valence-electron chi connectivity index (χ4n) is 3.60. The molecule has 0 amide bonds. The normalized spacial score (nSPS) is 15.0. The van der Waals surface area contributed by atoms with E-state index in [1.807, 2.05) is 44.2 Å². The zero-order valence-electron chi connectivity index (χ0n) is 17.6. The van der Waals surface area contributed by atoms with Gasteiger partial charge in [-0.15, -0.1) is 24.8 Å². The number of nitrogens with zero attached hydrogens (tertiary/aromatic N) is 2. The van der Waals surface area contributed by atoms with Crippen LogP contribution < -0.4 is 14.4 Å². The predicted molar refractivity (Wildman–Crippen MR) is 129 cm³/mol. The van der Waals surface area contributed by atoms with Crippen molar-refractivity contribution in [1.29, 1.82) is 0 Å². The Hall–Kier alpha value is -1.37. The van der Waals surface area contributed by atoms with Gasteiger partial charge < -0.3 is 19.5 Å². The number of hydrogen-bond donors (Lipinski definition) is 1. The molecule has 30 heavy (non-hydrogen) atoms. The average Bonchev–Trinajstić information content (AvgIpc) is 2.71. The second-order valence-electron chi connectivity index (χ2n) is 7.30. The molecule has 1 unspecified atom stereocenters. The van der Waals surface area contributed by atoms with Crippen molar-refractivity contribution in [1.82, 2.24) is 4.90 Å². The number of β-amino-alcohol motifs (C(OH)–C–C–N with tert-alkyl or cyclic N) is 1. The van der Waals surface area contributed by atoms with Crippen molar-refractivity contribution in [2.45, 2.75) is 20.0 Å². The number of aliphatic hydroxyl groups is 1. The number of halogens is 3. The zero-order chi connectivity index (χ0) is 20.1. The molecule has 1 atom stereocenters. The van der Waals surface area contributed by atoms with Gasteiger partial charge in [-0.2, -0.15) is 0 Å². The fourth-order valence-corrected chi connectivity index (χ4v) is 3.70. The van der Waals surface area contributed by atoms with Crippen molar-refractivity contribution in [3.05, 3.63) is 52.5 Å². The largest absolute Gasteiger partial charge is 0.495 e. The molecule has 1 heterocycles. The summed E-state index contributed by atoms with van der Waals surface area (Å²) in [6.07, 6.45) is -0.533. The molecule has 0 bridgehead atoms. The molecular weight excluding hydrogens is 447 g/mol. The molecule has 168 valence electrons. The second-order valence-corrected chi connectivity index (χ2v) is 7.67. The molecule has 5 nitrogen and oxygen atoms in total. The average molecular weight is 478 g/mol. The topological polar surface area (TPSA) is 45.2 Å². The summed E-state index contributed by atoms with van der Waals surface area (Å²) in [6.45, 7) is 8.40. The van der Waals surface area contributed by atoms with E-state index in [4.69, 9.17) is 21.1 Å². The lowest BCUT2D eigenvalue weighted by atomic mass is 10.1. The van der Waals surface area contributed by atoms with Gasteiger partial charge in [0.1, 0.15) is 24.2 Å². The lowest BCUT2D eigenvalue weighted by molar-refractivity contribution is 0.0662. The molecule has 0 aromatic heterocycles. The number of aryl methyl sites for hydroxylation is 2. The summed E-state index contributed by atoms with van der Waals surface area (Å²) in [4.78, 5) is 4.61. The van der Waals surface area contributed by atoms with Crippen molar-refractivity contribution in [2.75, 3.05) is 51.3 Å². The monoisotopic (exact) mass is 476 g/mol. The van der Waals surface area contributed by atoms with Crippen LogP contribution in [0.5, 0.6) is 11.5 Å². The van der Waals surface area contributed by atoms with E-state index in [1.165, 1.54) is 0 Å². The molecule has 2 aromatic rings. The molecule has 0 radical (unpaired) electrons. The van der Waals surface area contributed by atoms with Gasteiger partial charge in [-0.25, -0.2) is 0 Å². The molecule has 2 aromatic carbocycles. The third-order valence-corrected chi connectivity index (χ3v) is 5.72. The van der Waals surface area contributed by atoms with Crippen LogP contribution in [0.15, 0.2) is 36.4 Å². The van der Waals surface area contributed by atoms with Crippen molar-refractivity contribution >= 4 is 42.1 Å². The highest BCUT2D eigenvalue weighted by atomic mass is 35.5. The number of methoxy groups -OCH3 is 1. The van der Waals surface area contributed by atoms with Gasteiger partial charge in [0, 0.05) is 37.7 Å². The third-order valence-electron chi connectivity index (χ3n) is 5.12. The zero-order valence-corrected chi connectivity index (χ0v) is 20.0. The molecule has 1 saturated heterocycles. The van der Waals surface area contributed by atoms with Crippen molar-refractivity contribution in [3.8, 4) is 11.5 Å². The van der Waals surface area contributed by atoms with Gasteiger partial charge in [-0.05, 0) is 49.2 Å². The molecule has 1 fully saturated rings. The summed E-state index contributed by atoms with van der Waals surface area (Å²) >= 11 is 6.19. The first-order valence-electron chi connectivity index (χ1n) is 9.66. The van der Waals surface area contributed by atoms with Crippen LogP contribution in [0.25, 0.3) is 0 Å². The maximum Gasteiger partial charge on any atom is 0.142 e. The summed E-state index contributed by atoms with van der Waals surface area (Å²) in [5.74, 6) is 1.65. The second kappa shape index (κ2) is 12.5.